The Hall–Kier alpha value is -3.41. The molecule has 0 saturated carbocycles. The van der Waals surface area contributed by atoms with Gasteiger partial charge in [0.05, 0.1) is 5.69 Å². The number of anilines is 2. The molecule has 2 amide bonds. The molecule has 2 heterocycles. The van der Waals surface area contributed by atoms with Crippen LogP contribution in [-0.2, 0) is 0 Å². The zero-order valence-corrected chi connectivity index (χ0v) is 17.7. The number of nitrogens with zero attached hydrogens (tertiary/aromatic N) is 4. The van der Waals surface area contributed by atoms with Crippen molar-refractivity contribution < 1.29 is 4.79 Å². The molecule has 0 unspecified atom stereocenters. The zero-order valence-electron chi connectivity index (χ0n) is 17.7. The van der Waals surface area contributed by atoms with Crippen LogP contribution < -0.4 is 10.2 Å². The number of nitrogens with one attached hydrogen (secondary N) is 1. The minimum Gasteiger partial charge on any atom is -0.353 e. The third-order valence-corrected chi connectivity index (χ3v) is 5.65. The average Bonchev–Trinajstić information content (AvgIpc) is 2.77. The third-order valence-electron chi connectivity index (χ3n) is 5.65. The van der Waals surface area contributed by atoms with Crippen LogP contribution in [-0.4, -0.2) is 47.1 Å². The third kappa shape index (κ3) is 4.43. The molecule has 1 N–H and O–H groups in total. The predicted molar refractivity (Wildman–Crippen MR) is 121 cm³/mol. The molecule has 3 aromatic rings. The molecule has 154 valence electrons. The van der Waals surface area contributed by atoms with Gasteiger partial charge in [0.15, 0.2) is 0 Å². The van der Waals surface area contributed by atoms with Crippen molar-refractivity contribution in [1.82, 2.24) is 14.9 Å². The number of hydrogen-bond acceptors (Lipinski definition) is 4. The van der Waals surface area contributed by atoms with Crippen LogP contribution in [0, 0.1) is 20.8 Å². The summed E-state index contributed by atoms with van der Waals surface area (Å²) in [5.41, 5.74) is 6.44. The Morgan fingerprint density at radius 3 is 2.30 bits per heavy atom. The van der Waals surface area contributed by atoms with Gasteiger partial charge in [-0.15, -0.1) is 0 Å². The van der Waals surface area contributed by atoms with Crippen LogP contribution in [0.5, 0.6) is 0 Å². The molecule has 0 aliphatic carbocycles. The average molecular weight is 402 g/mol. The van der Waals surface area contributed by atoms with E-state index in [9.17, 15) is 4.79 Å². The summed E-state index contributed by atoms with van der Waals surface area (Å²) in [6.45, 7) is 8.98. The number of carbonyl (C=O) groups is 1. The second-order valence-electron chi connectivity index (χ2n) is 7.83. The molecular weight excluding hydrogens is 374 g/mol. The minimum atomic E-state index is -0.0547. The van der Waals surface area contributed by atoms with Crippen molar-refractivity contribution in [2.75, 3.05) is 36.4 Å². The van der Waals surface area contributed by atoms with E-state index in [4.69, 9.17) is 0 Å². The number of urea groups is 1. The molecule has 1 fully saturated rings. The van der Waals surface area contributed by atoms with Gasteiger partial charge in [-0.3, -0.25) is 0 Å². The summed E-state index contributed by atoms with van der Waals surface area (Å²) in [7, 11) is 0. The molecule has 6 nitrogen and oxygen atoms in total. The SMILES string of the molecule is Cc1ccc(-c2cc(N3CCN(C(=O)Nc4ccc(C)c(C)c4)CC3)ncn2)cc1. The Morgan fingerprint density at radius 2 is 1.60 bits per heavy atom. The quantitative estimate of drug-likeness (QED) is 0.706. The van der Waals surface area contributed by atoms with Crippen LogP contribution in [0.25, 0.3) is 11.3 Å². The highest BCUT2D eigenvalue weighted by molar-refractivity contribution is 5.89. The first-order valence-corrected chi connectivity index (χ1v) is 10.3. The van der Waals surface area contributed by atoms with Crippen LogP contribution in [0.3, 0.4) is 0 Å². The molecule has 6 heteroatoms. The van der Waals surface area contributed by atoms with Gasteiger partial charge in [0.25, 0.3) is 0 Å². The number of benzene rings is 2. The molecule has 4 rings (SSSR count). The standard InChI is InChI=1S/C24H27N5O/c1-17-4-7-20(8-5-17)22-15-23(26-16-25-22)28-10-12-29(13-11-28)24(30)27-21-9-6-18(2)19(3)14-21/h4-9,14-16H,10-13H2,1-3H3,(H,27,30). The molecule has 0 atom stereocenters. The fraction of sp³-hybridized carbons (Fsp3) is 0.292. The molecule has 1 aliphatic rings. The van der Waals surface area contributed by atoms with E-state index >= 15 is 0 Å². The van der Waals surface area contributed by atoms with Gasteiger partial charge in [-0.25, -0.2) is 14.8 Å². The summed E-state index contributed by atoms with van der Waals surface area (Å²) >= 11 is 0. The van der Waals surface area contributed by atoms with Gasteiger partial charge in [0, 0.05) is 43.5 Å². The Labute approximate surface area is 177 Å². The van der Waals surface area contributed by atoms with E-state index in [1.807, 2.05) is 29.2 Å². The number of piperazine rings is 1. The summed E-state index contributed by atoms with van der Waals surface area (Å²) in [5, 5.41) is 3.01. The van der Waals surface area contributed by atoms with E-state index in [0.717, 1.165) is 35.9 Å². The summed E-state index contributed by atoms with van der Waals surface area (Å²) in [6.07, 6.45) is 1.61. The maximum Gasteiger partial charge on any atom is 0.321 e. The molecule has 0 bridgehead atoms. The Morgan fingerprint density at radius 1 is 0.867 bits per heavy atom. The second kappa shape index (κ2) is 8.53. The molecule has 1 aromatic heterocycles. The number of amides is 2. The first-order chi connectivity index (χ1) is 14.5. The predicted octanol–water partition coefficient (Wildman–Crippen LogP) is 4.42. The van der Waals surface area contributed by atoms with Gasteiger partial charge in [-0.1, -0.05) is 35.9 Å². The lowest BCUT2D eigenvalue weighted by molar-refractivity contribution is 0.208. The van der Waals surface area contributed by atoms with Crippen molar-refractivity contribution in [2.24, 2.45) is 0 Å². The molecule has 2 aromatic carbocycles. The molecule has 30 heavy (non-hydrogen) atoms. The number of carbonyl (C=O) groups excluding carboxylic acids is 1. The second-order valence-corrected chi connectivity index (χ2v) is 7.83. The molecule has 1 saturated heterocycles. The van der Waals surface area contributed by atoms with E-state index in [1.165, 1.54) is 16.7 Å². The van der Waals surface area contributed by atoms with Gasteiger partial charge in [-0.05, 0) is 44.0 Å². The highest BCUT2D eigenvalue weighted by Crippen LogP contribution is 2.22. The van der Waals surface area contributed by atoms with E-state index in [-0.39, 0.29) is 6.03 Å². The van der Waals surface area contributed by atoms with Crippen molar-refractivity contribution in [3.8, 4) is 11.3 Å². The highest BCUT2D eigenvalue weighted by Gasteiger charge is 2.22. The lowest BCUT2D eigenvalue weighted by Gasteiger charge is -2.35. The van der Waals surface area contributed by atoms with Crippen LogP contribution >= 0.6 is 0 Å². The molecule has 0 spiro atoms. The Kier molecular flexibility index (Phi) is 5.65. The van der Waals surface area contributed by atoms with E-state index in [2.05, 4.69) is 65.2 Å². The lowest BCUT2D eigenvalue weighted by Crippen LogP contribution is -2.50. The Balaban J connectivity index is 1.38. The van der Waals surface area contributed by atoms with Crippen LogP contribution in [0.2, 0.25) is 0 Å². The maximum atomic E-state index is 12.6. The number of aryl methyl sites for hydroxylation is 3. The fourth-order valence-corrected chi connectivity index (χ4v) is 3.56. The highest BCUT2D eigenvalue weighted by atomic mass is 16.2. The minimum absolute atomic E-state index is 0.0547. The summed E-state index contributed by atoms with van der Waals surface area (Å²) in [6, 6.07) is 16.3. The van der Waals surface area contributed by atoms with E-state index < -0.39 is 0 Å². The molecule has 0 radical (unpaired) electrons. The van der Waals surface area contributed by atoms with Crippen LogP contribution in [0.4, 0.5) is 16.3 Å². The van der Waals surface area contributed by atoms with Gasteiger partial charge < -0.3 is 15.1 Å². The first-order valence-electron chi connectivity index (χ1n) is 10.3. The maximum absolute atomic E-state index is 12.6. The van der Waals surface area contributed by atoms with E-state index in [1.54, 1.807) is 6.33 Å². The van der Waals surface area contributed by atoms with Crippen LogP contribution in [0.15, 0.2) is 54.9 Å². The van der Waals surface area contributed by atoms with Crippen LogP contribution in [0.1, 0.15) is 16.7 Å². The summed E-state index contributed by atoms with van der Waals surface area (Å²) in [4.78, 5) is 25.6. The molecule has 1 aliphatic heterocycles. The topological polar surface area (TPSA) is 61.4 Å². The smallest absolute Gasteiger partial charge is 0.321 e. The fourth-order valence-electron chi connectivity index (χ4n) is 3.56. The van der Waals surface area contributed by atoms with Crippen molar-refractivity contribution in [2.45, 2.75) is 20.8 Å². The normalized spacial score (nSPS) is 14.0. The summed E-state index contributed by atoms with van der Waals surface area (Å²) in [5.74, 6) is 0.898. The van der Waals surface area contributed by atoms with Gasteiger partial charge >= 0.3 is 6.03 Å². The monoisotopic (exact) mass is 401 g/mol. The van der Waals surface area contributed by atoms with Gasteiger partial charge in [0.1, 0.15) is 12.1 Å². The van der Waals surface area contributed by atoms with Crippen molar-refractivity contribution in [3.63, 3.8) is 0 Å². The first kappa shape index (κ1) is 19.9. The number of aromatic nitrogens is 2. The number of rotatable bonds is 3. The van der Waals surface area contributed by atoms with Crippen molar-refractivity contribution >= 4 is 17.5 Å². The largest absolute Gasteiger partial charge is 0.353 e. The number of hydrogen-bond donors (Lipinski definition) is 1. The Bertz CT molecular complexity index is 1040. The van der Waals surface area contributed by atoms with Crippen molar-refractivity contribution in [3.05, 3.63) is 71.5 Å². The molecular formula is C24H27N5O. The van der Waals surface area contributed by atoms with Gasteiger partial charge in [0.2, 0.25) is 0 Å². The lowest BCUT2D eigenvalue weighted by atomic mass is 10.1. The van der Waals surface area contributed by atoms with E-state index in [0.29, 0.717) is 13.1 Å². The summed E-state index contributed by atoms with van der Waals surface area (Å²) < 4.78 is 0. The van der Waals surface area contributed by atoms with Gasteiger partial charge in [-0.2, -0.15) is 0 Å². The zero-order chi connectivity index (χ0) is 21.1. The van der Waals surface area contributed by atoms with Crippen molar-refractivity contribution in [1.29, 1.82) is 0 Å².